The number of aliphatic hydroxyl groups excluding tert-OH is 1. The third-order valence-electron chi connectivity index (χ3n) is 4.12. The molecule has 2 aromatic rings. The summed E-state index contributed by atoms with van der Waals surface area (Å²) >= 11 is 12.4. The lowest BCUT2D eigenvalue weighted by Crippen LogP contribution is -2.43. The van der Waals surface area contributed by atoms with E-state index in [0.29, 0.717) is 12.1 Å². The molecule has 0 radical (unpaired) electrons. The van der Waals surface area contributed by atoms with Crippen LogP contribution in [0.5, 0.6) is 0 Å². The van der Waals surface area contributed by atoms with E-state index >= 15 is 0 Å². The lowest BCUT2D eigenvalue weighted by atomic mass is 10.00. The van der Waals surface area contributed by atoms with Crippen molar-refractivity contribution in [1.82, 2.24) is 10.6 Å². The molecule has 1 aromatic carbocycles. The van der Waals surface area contributed by atoms with Crippen molar-refractivity contribution in [3.63, 3.8) is 0 Å². The number of carbonyl (C=O) groups excluding carboxylic acids is 2. The van der Waals surface area contributed by atoms with Gasteiger partial charge < -0.3 is 20.5 Å². The molecule has 0 aliphatic carbocycles. The zero-order chi connectivity index (χ0) is 23.2. The summed E-state index contributed by atoms with van der Waals surface area (Å²) in [5, 5.41) is 17.3. The standard InChI is InChI=1S/C21H25Cl2FN2O4S/c1-21(2,3)30-20(29)25-10-15-8-14(11-31-15)12-4-6-13(7-5-12)17(27)16(9-24)26-19(28)18(22)23/h4-8,11,16-18,27H,9-10H2,1-3H3,(H,25,29)(H,26,28). The minimum Gasteiger partial charge on any atom is -0.444 e. The van der Waals surface area contributed by atoms with Gasteiger partial charge in [0.25, 0.3) is 5.91 Å². The third-order valence-corrected chi connectivity index (χ3v) is 5.45. The number of thiophene rings is 1. The van der Waals surface area contributed by atoms with Gasteiger partial charge in [-0.3, -0.25) is 4.79 Å². The number of hydrogen-bond acceptors (Lipinski definition) is 5. The SMILES string of the molecule is CC(C)(C)OC(=O)NCc1cc(-c2ccc(C(O)C(CF)NC(=O)C(Cl)Cl)cc2)cs1. The van der Waals surface area contributed by atoms with E-state index in [1.165, 1.54) is 11.3 Å². The van der Waals surface area contributed by atoms with Crippen LogP contribution in [0, 0.1) is 0 Å². The van der Waals surface area contributed by atoms with Crippen molar-refractivity contribution in [3.8, 4) is 11.1 Å². The quantitative estimate of drug-likeness (QED) is 0.466. The van der Waals surface area contributed by atoms with Crippen LogP contribution in [0.2, 0.25) is 0 Å². The third kappa shape index (κ3) is 7.96. The van der Waals surface area contributed by atoms with Crippen LogP contribution in [0.1, 0.15) is 37.3 Å². The predicted octanol–water partition coefficient (Wildman–Crippen LogP) is 4.73. The maximum atomic E-state index is 13.3. The fourth-order valence-corrected chi connectivity index (χ4v) is 3.61. The Balaban J connectivity index is 2.00. The average molecular weight is 491 g/mol. The first-order valence-electron chi connectivity index (χ1n) is 9.47. The van der Waals surface area contributed by atoms with Gasteiger partial charge in [-0.1, -0.05) is 47.5 Å². The van der Waals surface area contributed by atoms with E-state index in [1.54, 1.807) is 45.0 Å². The van der Waals surface area contributed by atoms with Crippen LogP contribution >= 0.6 is 34.5 Å². The van der Waals surface area contributed by atoms with E-state index in [-0.39, 0.29) is 0 Å². The summed E-state index contributed by atoms with van der Waals surface area (Å²) in [6.07, 6.45) is -1.74. The van der Waals surface area contributed by atoms with Crippen molar-refractivity contribution >= 4 is 46.5 Å². The zero-order valence-electron chi connectivity index (χ0n) is 17.3. The van der Waals surface area contributed by atoms with Gasteiger partial charge in [-0.25, -0.2) is 9.18 Å². The summed E-state index contributed by atoms with van der Waals surface area (Å²) in [7, 11) is 0. The Morgan fingerprint density at radius 3 is 2.39 bits per heavy atom. The molecular weight excluding hydrogens is 466 g/mol. The fraction of sp³-hybridized carbons (Fsp3) is 0.429. The van der Waals surface area contributed by atoms with Crippen LogP contribution in [0.4, 0.5) is 9.18 Å². The van der Waals surface area contributed by atoms with E-state index in [2.05, 4.69) is 10.6 Å². The van der Waals surface area contributed by atoms with Gasteiger partial charge in [-0.2, -0.15) is 0 Å². The van der Waals surface area contributed by atoms with Crippen molar-refractivity contribution in [2.75, 3.05) is 6.67 Å². The van der Waals surface area contributed by atoms with E-state index in [1.807, 2.05) is 11.4 Å². The van der Waals surface area contributed by atoms with Crippen molar-refractivity contribution in [1.29, 1.82) is 0 Å². The van der Waals surface area contributed by atoms with E-state index in [9.17, 15) is 19.1 Å². The number of benzene rings is 1. The Morgan fingerprint density at radius 1 is 1.19 bits per heavy atom. The van der Waals surface area contributed by atoms with Crippen LogP contribution in [0.3, 0.4) is 0 Å². The number of halogens is 3. The number of amides is 2. The van der Waals surface area contributed by atoms with E-state index in [4.69, 9.17) is 27.9 Å². The summed E-state index contributed by atoms with van der Waals surface area (Å²) in [5.41, 5.74) is 1.71. The van der Waals surface area contributed by atoms with Crippen LogP contribution in [0.25, 0.3) is 11.1 Å². The Bertz CT molecular complexity index is 884. The number of alkyl halides is 3. The molecule has 3 N–H and O–H groups in total. The highest BCUT2D eigenvalue weighted by molar-refractivity contribution is 7.10. The predicted molar refractivity (Wildman–Crippen MR) is 121 cm³/mol. The van der Waals surface area contributed by atoms with Gasteiger partial charge in [0.2, 0.25) is 0 Å². The Kier molecular flexibility index (Phi) is 9.12. The number of alkyl carbamates (subject to hydrolysis) is 1. The molecule has 2 rings (SSSR count). The van der Waals surface area contributed by atoms with Crippen LogP contribution in [0.15, 0.2) is 35.7 Å². The largest absolute Gasteiger partial charge is 0.444 e. The highest BCUT2D eigenvalue weighted by Crippen LogP contribution is 2.28. The number of carbonyl (C=O) groups is 2. The van der Waals surface area contributed by atoms with Gasteiger partial charge in [0.1, 0.15) is 18.4 Å². The molecule has 10 heteroatoms. The average Bonchev–Trinajstić information content (AvgIpc) is 3.17. The molecule has 0 spiro atoms. The smallest absolute Gasteiger partial charge is 0.407 e. The minimum atomic E-state index is -1.35. The van der Waals surface area contributed by atoms with Crippen molar-refractivity contribution in [3.05, 3.63) is 46.2 Å². The van der Waals surface area contributed by atoms with Gasteiger partial charge >= 0.3 is 6.09 Å². The molecule has 6 nitrogen and oxygen atoms in total. The molecule has 31 heavy (non-hydrogen) atoms. The minimum absolute atomic E-state index is 0.344. The normalized spacial score (nSPS) is 13.5. The second-order valence-corrected chi connectivity index (χ2v) is 9.89. The van der Waals surface area contributed by atoms with Crippen molar-refractivity contribution in [2.45, 2.75) is 49.9 Å². The van der Waals surface area contributed by atoms with Crippen LogP contribution in [-0.2, 0) is 16.1 Å². The first kappa shape index (κ1) is 25.4. The number of rotatable bonds is 8. The monoisotopic (exact) mass is 490 g/mol. The Hall–Kier alpha value is -1.87. The van der Waals surface area contributed by atoms with Gasteiger partial charge in [0.05, 0.1) is 12.6 Å². The first-order chi connectivity index (χ1) is 14.5. The van der Waals surface area contributed by atoms with Gasteiger partial charge in [0.15, 0.2) is 4.84 Å². The summed E-state index contributed by atoms with van der Waals surface area (Å²) in [6, 6.07) is 7.67. The van der Waals surface area contributed by atoms with Crippen LogP contribution < -0.4 is 10.6 Å². The first-order valence-corrected chi connectivity index (χ1v) is 11.2. The molecule has 2 unspecified atom stereocenters. The highest BCUT2D eigenvalue weighted by atomic mass is 35.5. The molecule has 0 aliphatic heterocycles. The molecule has 0 bridgehead atoms. The summed E-state index contributed by atoms with van der Waals surface area (Å²) in [5.74, 6) is -0.771. The topological polar surface area (TPSA) is 87.7 Å². The number of hydrogen-bond donors (Lipinski definition) is 3. The Labute approximate surface area is 194 Å². The van der Waals surface area contributed by atoms with Gasteiger partial charge in [-0.15, -0.1) is 11.3 Å². The molecule has 170 valence electrons. The van der Waals surface area contributed by atoms with Crippen molar-refractivity contribution < 1.29 is 23.8 Å². The lowest BCUT2D eigenvalue weighted by Gasteiger charge is -2.22. The van der Waals surface area contributed by atoms with Gasteiger partial charge in [0, 0.05) is 4.88 Å². The van der Waals surface area contributed by atoms with Crippen molar-refractivity contribution in [2.24, 2.45) is 0 Å². The number of nitrogens with one attached hydrogen (secondary N) is 2. The number of aliphatic hydroxyl groups is 1. The lowest BCUT2D eigenvalue weighted by molar-refractivity contribution is -0.121. The Morgan fingerprint density at radius 2 is 1.84 bits per heavy atom. The molecule has 0 aliphatic rings. The van der Waals surface area contributed by atoms with E-state index < -0.39 is 41.3 Å². The molecule has 0 saturated carbocycles. The fourth-order valence-electron chi connectivity index (χ4n) is 2.65. The molecule has 2 atom stereocenters. The molecular formula is C21H25Cl2FN2O4S. The zero-order valence-corrected chi connectivity index (χ0v) is 19.7. The molecule has 0 saturated heterocycles. The molecule has 1 heterocycles. The second kappa shape index (κ2) is 11.1. The van der Waals surface area contributed by atoms with Crippen LogP contribution in [-0.4, -0.2) is 40.3 Å². The molecule has 0 fully saturated rings. The highest BCUT2D eigenvalue weighted by Gasteiger charge is 2.25. The second-order valence-electron chi connectivity index (χ2n) is 7.79. The van der Waals surface area contributed by atoms with Gasteiger partial charge in [-0.05, 0) is 48.9 Å². The number of ether oxygens (including phenoxy) is 1. The van der Waals surface area contributed by atoms with E-state index in [0.717, 1.165) is 16.0 Å². The molecule has 2 amide bonds. The maximum Gasteiger partial charge on any atom is 0.407 e. The maximum absolute atomic E-state index is 13.3. The molecule has 1 aromatic heterocycles. The summed E-state index contributed by atoms with van der Waals surface area (Å²) in [6.45, 7) is 4.76. The summed E-state index contributed by atoms with van der Waals surface area (Å²) in [4.78, 5) is 22.9. The summed E-state index contributed by atoms with van der Waals surface area (Å²) < 4.78 is 18.5.